The van der Waals surface area contributed by atoms with Gasteiger partial charge in [0.25, 0.3) is 5.91 Å². The smallest absolute Gasteiger partial charge is 0.308 e. The zero-order valence-corrected chi connectivity index (χ0v) is 12.9. The molecule has 1 atom stereocenters. The van der Waals surface area contributed by atoms with Crippen LogP contribution in [0.3, 0.4) is 0 Å². The third-order valence-electron chi connectivity index (χ3n) is 3.79. The lowest BCUT2D eigenvalue weighted by Gasteiger charge is -2.30. The molecule has 0 spiro atoms. The van der Waals surface area contributed by atoms with Crippen molar-refractivity contribution < 1.29 is 19.1 Å². The maximum atomic E-state index is 12.6. The van der Waals surface area contributed by atoms with E-state index >= 15 is 0 Å². The van der Waals surface area contributed by atoms with Gasteiger partial charge in [-0.3, -0.25) is 9.59 Å². The fourth-order valence-corrected chi connectivity index (χ4v) is 3.49. The zero-order chi connectivity index (χ0) is 15.7. The van der Waals surface area contributed by atoms with Crippen molar-refractivity contribution >= 4 is 23.2 Å². The molecule has 6 nitrogen and oxygen atoms in total. The Labute approximate surface area is 131 Å². The van der Waals surface area contributed by atoms with Gasteiger partial charge in [0.15, 0.2) is 10.8 Å². The lowest BCUT2D eigenvalue weighted by atomic mass is 9.98. The molecular weight excluding hydrogens is 304 g/mol. The van der Waals surface area contributed by atoms with Crippen LogP contribution in [0.2, 0.25) is 0 Å². The summed E-state index contributed by atoms with van der Waals surface area (Å²) in [6, 6.07) is 3.57. The predicted molar refractivity (Wildman–Crippen MR) is 80.8 cm³/mol. The second kappa shape index (κ2) is 5.92. The molecule has 0 bridgehead atoms. The average molecular weight is 320 g/mol. The number of carbonyl (C=O) groups is 2. The van der Waals surface area contributed by atoms with Crippen molar-refractivity contribution in [3.05, 3.63) is 29.0 Å². The van der Waals surface area contributed by atoms with E-state index < -0.39 is 11.9 Å². The number of aromatic nitrogens is 1. The molecule has 0 unspecified atom stereocenters. The molecule has 0 radical (unpaired) electrons. The highest BCUT2D eigenvalue weighted by molar-refractivity contribution is 7.15. The first-order valence-electron chi connectivity index (χ1n) is 7.09. The second-order valence-electron chi connectivity index (χ2n) is 5.33. The molecule has 0 saturated carbocycles. The summed E-state index contributed by atoms with van der Waals surface area (Å²) in [7, 11) is 0. The van der Waals surface area contributed by atoms with Gasteiger partial charge in [0.2, 0.25) is 0 Å². The first kappa shape index (κ1) is 14.8. The van der Waals surface area contributed by atoms with Crippen LogP contribution in [0.25, 0.3) is 10.8 Å². The van der Waals surface area contributed by atoms with Crippen LogP contribution in [0, 0.1) is 12.8 Å². The highest BCUT2D eigenvalue weighted by Crippen LogP contribution is 2.29. The van der Waals surface area contributed by atoms with E-state index in [0.717, 1.165) is 4.88 Å². The monoisotopic (exact) mass is 320 g/mol. The van der Waals surface area contributed by atoms with Crippen LogP contribution in [0.5, 0.6) is 0 Å². The number of thiazole rings is 1. The summed E-state index contributed by atoms with van der Waals surface area (Å²) in [4.78, 5) is 30.5. The van der Waals surface area contributed by atoms with Gasteiger partial charge in [-0.1, -0.05) is 0 Å². The Bertz CT molecular complexity index is 692. The Morgan fingerprint density at radius 2 is 2.32 bits per heavy atom. The maximum absolute atomic E-state index is 12.6. The van der Waals surface area contributed by atoms with E-state index in [1.807, 2.05) is 6.92 Å². The molecule has 2 aromatic heterocycles. The van der Waals surface area contributed by atoms with E-state index in [9.17, 15) is 9.59 Å². The van der Waals surface area contributed by atoms with Gasteiger partial charge in [-0.2, -0.15) is 0 Å². The summed E-state index contributed by atoms with van der Waals surface area (Å²) >= 11 is 1.40. The minimum Gasteiger partial charge on any atom is -0.481 e. The predicted octanol–water partition coefficient (Wildman–Crippen LogP) is 2.65. The summed E-state index contributed by atoms with van der Waals surface area (Å²) in [5, 5.41) is 9.79. The lowest BCUT2D eigenvalue weighted by Crippen LogP contribution is -2.42. The highest BCUT2D eigenvalue weighted by Gasteiger charge is 2.30. The molecule has 116 valence electrons. The van der Waals surface area contributed by atoms with E-state index in [2.05, 4.69) is 4.98 Å². The second-order valence-corrected chi connectivity index (χ2v) is 6.53. The maximum Gasteiger partial charge on any atom is 0.308 e. The minimum atomic E-state index is -0.844. The number of carboxylic acids is 1. The van der Waals surface area contributed by atoms with E-state index in [0.29, 0.717) is 35.8 Å². The largest absolute Gasteiger partial charge is 0.481 e. The number of carbonyl (C=O) groups excluding carboxylic acids is 1. The summed E-state index contributed by atoms with van der Waals surface area (Å²) in [6.07, 6.45) is 2.89. The van der Waals surface area contributed by atoms with Gasteiger partial charge in [0.1, 0.15) is 5.69 Å². The number of piperidine rings is 1. The SMILES string of the molecule is Cc1sc(-c2ccco2)nc1C(=O)N1CCC[C@H](C(=O)O)C1. The standard InChI is InChI=1S/C15H16N2O4S/c1-9-12(16-13(22-9)11-5-3-7-21-11)14(18)17-6-2-4-10(8-17)15(19)20/h3,5,7,10H,2,4,6,8H2,1H3,(H,19,20)/t10-/m0/s1. The summed E-state index contributed by atoms with van der Waals surface area (Å²) < 4.78 is 5.31. The molecule has 2 aromatic rings. The third-order valence-corrected chi connectivity index (χ3v) is 4.77. The number of hydrogen-bond donors (Lipinski definition) is 1. The van der Waals surface area contributed by atoms with Gasteiger partial charge in [0.05, 0.1) is 12.2 Å². The number of nitrogens with zero attached hydrogens (tertiary/aromatic N) is 2. The molecule has 0 aliphatic carbocycles. The molecular formula is C15H16N2O4S. The van der Waals surface area contributed by atoms with Crippen molar-refractivity contribution in [3.63, 3.8) is 0 Å². The van der Waals surface area contributed by atoms with E-state index in [-0.39, 0.29) is 12.5 Å². The summed E-state index contributed by atoms with van der Waals surface area (Å²) in [6.45, 7) is 2.67. The molecule has 3 heterocycles. The summed E-state index contributed by atoms with van der Waals surface area (Å²) in [5.74, 6) is -0.892. The molecule has 1 N–H and O–H groups in total. The number of amides is 1. The van der Waals surface area contributed by atoms with Gasteiger partial charge in [-0.05, 0) is 31.9 Å². The number of furan rings is 1. The minimum absolute atomic E-state index is 0.197. The van der Waals surface area contributed by atoms with Crippen molar-refractivity contribution in [3.8, 4) is 10.8 Å². The van der Waals surface area contributed by atoms with Crippen LogP contribution < -0.4 is 0 Å². The van der Waals surface area contributed by atoms with Crippen LogP contribution in [-0.4, -0.2) is 40.0 Å². The van der Waals surface area contributed by atoms with Crippen molar-refractivity contribution in [2.75, 3.05) is 13.1 Å². The third kappa shape index (κ3) is 2.76. The van der Waals surface area contributed by atoms with Crippen LogP contribution in [0.1, 0.15) is 28.2 Å². The zero-order valence-electron chi connectivity index (χ0n) is 12.1. The number of aryl methyl sites for hydroxylation is 1. The molecule has 3 rings (SSSR count). The molecule has 1 aliphatic heterocycles. The van der Waals surface area contributed by atoms with Crippen molar-refractivity contribution in [2.24, 2.45) is 5.92 Å². The molecule has 0 aromatic carbocycles. The Morgan fingerprint density at radius 3 is 3.00 bits per heavy atom. The molecule has 22 heavy (non-hydrogen) atoms. The Morgan fingerprint density at radius 1 is 1.50 bits per heavy atom. The number of carboxylic acid groups (broad SMARTS) is 1. The molecule has 7 heteroatoms. The van der Waals surface area contributed by atoms with Crippen molar-refractivity contribution in [1.82, 2.24) is 9.88 Å². The van der Waals surface area contributed by atoms with Gasteiger partial charge >= 0.3 is 5.97 Å². The van der Waals surface area contributed by atoms with Gasteiger partial charge in [-0.15, -0.1) is 11.3 Å². The average Bonchev–Trinajstić information content (AvgIpc) is 3.16. The summed E-state index contributed by atoms with van der Waals surface area (Å²) in [5.41, 5.74) is 0.391. The number of likely N-dealkylation sites (tertiary alicyclic amines) is 1. The highest BCUT2D eigenvalue weighted by atomic mass is 32.1. The van der Waals surface area contributed by atoms with Crippen molar-refractivity contribution in [2.45, 2.75) is 19.8 Å². The number of rotatable bonds is 3. The van der Waals surface area contributed by atoms with E-state index in [1.165, 1.54) is 11.3 Å². The molecule has 1 amide bonds. The van der Waals surface area contributed by atoms with E-state index in [1.54, 1.807) is 23.3 Å². The first-order valence-corrected chi connectivity index (χ1v) is 7.91. The molecule has 1 aliphatic rings. The Balaban J connectivity index is 1.82. The molecule has 1 fully saturated rings. The topological polar surface area (TPSA) is 83.6 Å². The van der Waals surface area contributed by atoms with Crippen LogP contribution in [0.15, 0.2) is 22.8 Å². The lowest BCUT2D eigenvalue weighted by molar-refractivity contribution is -0.143. The van der Waals surface area contributed by atoms with Crippen LogP contribution in [-0.2, 0) is 4.79 Å². The molecule has 1 saturated heterocycles. The fourth-order valence-electron chi connectivity index (χ4n) is 2.61. The normalized spacial score (nSPS) is 18.4. The van der Waals surface area contributed by atoms with Gasteiger partial charge in [0, 0.05) is 18.0 Å². The van der Waals surface area contributed by atoms with Crippen molar-refractivity contribution in [1.29, 1.82) is 0 Å². The van der Waals surface area contributed by atoms with Crippen LogP contribution >= 0.6 is 11.3 Å². The van der Waals surface area contributed by atoms with Gasteiger partial charge < -0.3 is 14.4 Å². The Hall–Kier alpha value is -2.15. The van der Waals surface area contributed by atoms with Crippen LogP contribution in [0.4, 0.5) is 0 Å². The van der Waals surface area contributed by atoms with Gasteiger partial charge in [-0.25, -0.2) is 4.98 Å². The quantitative estimate of drug-likeness (QED) is 0.940. The number of aliphatic carboxylic acids is 1. The number of hydrogen-bond acceptors (Lipinski definition) is 5. The Kier molecular flexibility index (Phi) is 3.98. The fraction of sp³-hybridized carbons (Fsp3) is 0.400. The van der Waals surface area contributed by atoms with E-state index in [4.69, 9.17) is 9.52 Å². The first-order chi connectivity index (χ1) is 10.6.